The molecule has 13 heavy (non-hydrogen) atoms. The van der Waals surface area contributed by atoms with Crippen molar-refractivity contribution in [3.63, 3.8) is 0 Å². The van der Waals surface area contributed by atoms with Gasteiger partial charge in [-0.25, -0.2) is 0 Å². The van der Waals surface area contributed by atoms with Crippen LogP contribution in [-0.4, -0.2) is 50.0 Å². The summed E-state index contributed by atoms with van der Waals surface area (Å²) >= 11 is 0. The first-order valence-corrected chi connectivity index (χ1v) is 5.34. The van der Waals surface area contributed by atoms with Crippen molar-refractivity contribution >= 4 is 0 Å². The molecule has 2 rings (SSSR count). The Morgan fingerprint density at radius 2 is 2.38 bits per heavy atom. The fourth-order valence-electron chi connectivity index (χ4n) is 1.84. The Balaban J connectivity index is 1.65. The maximum absolute atomic E-state index is 5.77. The van der Waals surface area contributed by atoms with E-state index in [9.17, 15) is 0 Å². The first-order valence-electron chi connectivity index (χ1n) is 5.34. The van der Waals surface area contributed by atoms with E-state index in [1.54, 1.807) is 0 Å². The molecule has 0 aromatic heterocycles. The number of ether oxygens (including phenoxy) is 2. The van der Waals surface area contributed by atoms with Crippen LogP contribution in [0.3, 0.4) is 0 Å². The van der Waals surface area contributed by atoms with Gasteiger partial charge in [0.25, 0.3) is 0 Å². The SMILES string of the molecule is CCN1CCC[C@@H](OC[C@H]2CO2)C1. The summed E-state index contributed by atoms with van der Waals surface area (Å²) in [5.41, 5.74) is 0. The maximum atomic E-state index is 5.77. The lowest BCUT2D eigenvalue weighted by Crippen LogP contribution is -2.39. The van der Waals surface area contributed by atoms with Crippen LogP contribution in [0.4, 0.5) is 0 Å². The molecule has 2 aliphatic heterocycles. The summed E-state index contributed by atoms with van der Waals surface area (Å²) in [6, 6.07) is 0. The molecule has 0 amide bonds. The Bertz CT molecular complexity index is 159. The molecule has 0 radical (unpaired) electrons. The second-order valence-electron chi connectivity index (χ2n) is 3.95. The van der Waals surface area contributed by atoms with Gasteiger partial charge in [-0.2, -0.15) is 0 Å². The fourth-order valence-corrected chi connectivity index (χ4v) is 1.84. The summed E-state index contributed by atoms with van der Waals surface area (Å²) in [7, 11) is 0. The highest BCUT2D eigenvalue weighted by Gasteiger charge is 2.26. The second kappa shape index (κ2) is 4.40. The highest BCUT2D eigenvalue weighted by Crippen LogP contribution is 2.16. The molecule has 3 nitrogen and oxygen atoms in total. The van der Waals surface area contributed by atoms with Gasteiger partial charge < -0.3 is 14.4 Å². The zero-order valence-electron chi connectivity index (χ0n) is 8.37. The van der Waals surface area contributed by atoms with Crippen molar-refractivity contribution < 1.29 is 9.47 Å². The molecular weight excluding hydrogens is 166 g/mol. The Kier molecular flexibility index (Phi) is 3.19. The van der Waals surface area contributed by atoms with Gasteiger partial charge in [0.05, 0.1) is 19.3 Å². The molecule has 0 bridgehead atoms. The summed E-state index contributed by atoms with van der Waals surface area (Å²) in [5, 5.41) is 0. The molecule has 0 aromatic rings. The van der Waals surface area contributed by atoms with Crippen molar-refractivity contribution in [1.82, 2.24) is 4.90 Å². The Morgan fingerprint density at radius 1 is 1.54 bits per heavy atom. The molecule has 3 heteroatoms. The third-order valence-corrected chi connectivity index (χ3v) is 2.83. The van der Waals surface area contributed by atoms with E-state index in [4.69, 9.17) is 9.47 Å². The van der Waals surface area contributed by atoms with Crippen LogP contribution < -0.4 is 0 Å². The van der Waals surface area contributed by atoms with Crippen LogP contribution >= 0.6 is 0 Å². The summed E-state index contributed by atoms with van der Waals surface area (Å²) in [5.74, 6) is 0. The number of rotatable bonds is 4. The second-order valence-corrected chi connectivity index (χ2v) is 3.95. The minimum atomic E-state index is 0.414. The summed E-state index contributed by atoms with van der Waals surface area (Å²) in [4.78, 5) is 2.46. The first-order chi connectivity index (χ1) is 6.38. The van der Waals surface area contributed by atoms with Crippen LogP contribution in [0.1, 0.15) is 19.8 Å². The molecule has 0 aromatic carbocycles. The van der Waals surface area contributed by atoms with E-state index >= 15 is 0 Å². The van der Waals surface area contributed by atoms with E-state index in [2.05, 4.69) is 11.8 Å². The molecule has 2 fully saturated rings. The van der Waals surface area contributed by atoms with Crippen molar-refractivity contribution in [3.8, 4) is 0 Å². The summed E-state index contributed by atoms with van der Waals surface area (Å²) < 4.78 is 10.9. The van der Waals surface area contributed by atoms with Crippen LogP contribution in [-0.2, 0) is 9.47 Å². The van der Waals surface area contributed by atoms with Gasteiger partial charge >= 0.3 is 0 Å². The van der Waals surface area contributed by atoms with Crippen LogP contribution in [0.15, 0.2) is 0 Å². The molecule has 2 heterocycles. The zero-order chi connectivity index (χ0) is 9.10. The average Bonchev–Trinajstić information content (AvgIpc) is 2.99. The van der Waals surface area contributed by atoms with Gasteiger partial charge in [0.1, 0.15) is 6.10 Å². The van der Waals surface area contributed by atoms with Crippen molar-refractivity contribution in [2.45, 2.75) is 32.0 Å². The smallest absolute Gasteiger partial charge is 0.104 e. The zero-order valence-corrected chi connectivity index (χ0v) is 8.37. The summed E-state index contributed by atoms with van der Waals surface area (Å²) in [6.07, 6.45) is 3.38. The monoisotopic (exact) mass is 185 g/mol. The largest absolute Gasteiger partial charge is 0.374 e. The highest BCUT2D eigenvalue weighted by molar-refractivity contribution is 4.74. The third-order valence-electron chi connectivity index (χ3n) is 2.83. The molecule has 76 valence electrons. The Morgan fingerprint density at radius 3 is 3.08 bits per heavy atom. The molecule has 0 N–H and O–H groups in total. The van der Waals surface area contributed by atoms with Gasteiger partial charge in [0.15, 0.2) is 0 Å². The van der Waals surface area contributed by atoms with Crippen LogP contribution in [0.5, 0.6) is 0 Å². The number of piperidine rings is 1. The lowest BCUT2D eigenvalue weighted by atomic mass is 10.1. The van der Waals surface area contributed by atoms with Crippen molar-refractivity contribution in [1.29, 1.82) is 0 Å². The molecule has 2 atom stereocenters. The number of epoxide rings is 1. The molecule has 0 spiro atoms. The quantitative estimate of drug-likeness (QED) is 0.608. The van der Waals surface area contributed by atoms with Crippen molar-refractivity contribution in [2.75, 3.05) is 32.8 Å². The van der Waals surface area contributed by atoms with Gasteiger partial charge in [-0.05, 0) is 25.9 Å². The van der Waals surface area contributed by atoms with E-state index in [-0.39, 0.29) is 0 Å². The van der Waals surface area contributed by atoms with Crippen molar-refractivity contribution in [2.24, 2.45) is 0 Å². The molecule has 2 saturated heterocycles. The van der Waals surface area contributed by atoms with Gasteiger partial charge in [0.2, 0.25) is 0 Å². The van der Waals surface area contributed by atoms with Gasteiger partial charge in [-0.3, -0.25) is 0 Å². The number of hydrogen-bond acceptors (Lipinski definition) is 3. The van der Waals surface area contributed by atoms with Crippen molar-refractivity contribution in [3.05, 3.63) is 0 Å². The number of nitrogens with zero attached hydrogens (tertiary/aromatic N) is 1. The highest BCUT2D eigenvalue weighted by atomic mass is 16.6. The molecular formula is C10H19NO2. The molecule has 0 aliphatic carbocycles. The van der Waals surface area contributed by atoms with Crippen LogP contribution in [0.25, 0.3) is 0 Å². The van der Waals surface area contributed by atoms with Crippen LogP contribution in [0, 0.1) is 0 Å². The van der Waals surface area contributed by atoms with E-state index in [0.29, 0.717) is 12.2 Å². The predicted molar refractivity (Wildman–Crippen MR) is 50.8 cm³/mol. The third kappa shape index (κ3) is 2.93. The summed E-state index contributed by atoms with van der Waals surface area (Å²) in [6.45, 7) is 7.44. The molecule has 2 aliphatic rings. The number of likely N-dealkylation sites (N-methyl/N-ethyl adjacent to an activating group) is 1. The fraction of sp³-hybridized carbons (Fsp3) is 1.00. The van der Waals surface area contributed by atoms with E-state index < -0.39 is 0 Å². The lowest BCUT2D eigenvalue weighted by molar-refractivity contribution is -0.00514. The molecule has 0 unspecified atom stereocenters. The number of likely N-dealkylation sites (tertiary alicyclic amines) is 1. The predicted octanol–water partition coefficient (Wildman–Crippen LogP) is 0.886. The minimum Gasteiger partial charge on any atom is -0.374 e. The maximum Gasteiger partial charge on any atom is 0.104 e. The standard InChI is InChI=1S/C10H19NO2/c1-2-11-5-3-4-9(6-11)12-7-10-8-13-10/h9-10H,2-8H2,1H3/t9-,10+/m1/s1. The normalized spacial score (nSPS) is 34.8. The Hall–Kier alpha value is -0.120. The van der Waals surface area contributed by atoms with Gasteiger partial charge in [-0.1, -0.05) is 6.92 Å². The Labute approximate surface area is 80.0 Å². The topological polar surface area (TPSA) is 25.0 Å². The lowest BCUT2D eigenvalue weighted by Gasteiger charge is -2.31. The van der Waals surface area contributed by atoms with Gasteiger partial charge in [-0.15, -0.1) is 0 Å². The van der Waals surface area contributed by atoms with E-state index in [1.807, 2.05) is 0 Å². The minimum absolute atomic E-state index is 0.414. The van der Waals surface area contributed by atoms with E-state index in [0.717, 1.165) is 26.3 Å². The first kappa shape index (κ1) is 9.44. The van der Waals surface area contributed by atoms with Crippen LogP contribution in [0.2, 0.25) is 0 Å². The molecule has 0 saturated carbocycles. The average molecular weight is 185 g/mol. The van der Waals surface area contributed by atoms with Gasteiger partial charge in [0, 0.05) is 6.54 Å². The van der Waals surface area contributed by atoms with E-state index in [1.165, 1.54) is 19.4 Å². The number of hydrogen-bond donors (Lipinski definition) is 0.